The van der Waals surface area contributed by atoms with Gasteiger partial charge in [-0.25, -0.2) is 0 Å². The van der Waals surface area contributed by atoms with Crippen molar-refractivity contribution in [2.45, 2.75) is 45.1 Å². The third kappa shape index (κ3) is 2.46. The van der Waals surface area contributed by atoms with Gasteiger partial charge in [-0.2, -0.15) is 0 Å². The topological polar surface area (TPSA) is 35.2 Å². The monoisotopic (exact) mass is 171 g/mol. The highest BCUT2D eigenvalue weighted by molar-refractivity contribution is 4.81. The second kappa shape index (κ2) is 4.24. The quantitative estimate of drug-likeness (QED) is 0.704. The van der Waals surface area contributed by atoms with Crippen LogP contribution in [0.2, 0.25) is 0 Å². The number of hydrogen-bond donors (Lipinski definition) is 1. The smallest absolute Gasteiger partial charge is 0.0654 e. The summed E-state index contributed by atoms with van der Waals surface area (Å²) >= 11 is 0. The van der Waals surface area contributed by atoms with Gasteiger partial charge in [0.2, 0.25) is 0 Å². The van der Waals surface area contributed by atoms with Gasteiger partial charge in [-0.3, -0.25) is 0 Å². The first-order valence-corrected chi connectivity index (χ1v) is 5.04. The summed E-state index contributed by atoms with van der Waals surface area (Å²) < 4.78 is 5.75. The Balaban J connectivity index is 2.39. The minimum atomic E-state index is 0.137. The standard InChI is InChI=1S/C10H21NO/c1-3-10(2)8-9(4-6-11)5-7-12-10/h9H,3-8,11H2,1-2H3. The van der Waals surface area contributed by atoms with Crippen molar-refractivity contribution in [1.82, 2.24) is 0 Å². The molecule has 0 radical (unpaired) electrons. The van der Waals surface area contributed by atoms with Gasteiger partial charge in [0.25, 0.3) is 0 Å². The lowest BCUT2D eigenvalue weighted by Crippen LogP contribution is -2.36. The Morgan fingerprint density at radius 3 is 2.92 bits per heavy atom. The van der Waals surface area contributed by atoms with E-state index in [1.54, 1.807) is 0 Å². The third-order valence-corrected chi connectivity index (χ3v) is 3.02. The third-order valence-electron chi connectivity index (χ3n) is 3.02. The Bertz CT molecular complexity index is 136. The van der Waals surface area contributed by atoms with Gasteiger partial charge in [0, 0.05) is 6.61 Å². The van der Waals surface area contributed by atoms with E-state index >= 15 is 0 Å². The van der Waals surface area contributed by atoms with Crippen molar-refractivity contribution in [3.8, 4) is 0 Å². The van der Waals surface area contributed by atoms with E-state index in [9.17, 15) is 0 Å². The molecule has 0 aliphatic carbocycles. The fraction of sp³-hybridized carbons (Fsp3) is 1.00. The lowest BCUT2D eigenvalue weighted by atomic mass is 9.84. The van der Waals surface area contributed by atoms with Crippen LogP contribution in [0.5, 0.6) is 0 Å². The average molecular weight is 171 g/mol. The normalized spacial score (nSPS) is 36.8. The predicted octanol–water partition coefficient (Wildman–Crippen LogP) is 1.93. The minimum absolute atomic E-state index is 0.137. The van der Waals surface area contributed by atoms with Gasteiger partial charge >= 0.3 is 0 Å². The van der Waals surface area contributed by atoms with Crippen molar-refractivity contribution in [3.63, 3.8) is 0 Å². The number of rotatable bonds is 3. The molecular formula is C10H21NO. The molecule has 0 spiro atoms. The van der Waals surface area contributed by atoms with Crippen LogP contribution in [-0.4, -0.2) is 18.8 Å². The number of nitrogens with two attached hydrogens (primary N) is 1. The van der Waals surface area contributed by atoms with Crippen molar-refractivity contribution < 1.29 is 4.74 Å². The molecule has 0 saturated carbocycles. The molecular weight excluding hydrogens is 150 g/mol. The maximum absolute atomic E-state index is 5.75. The van der Waals surface area contributed by atoms with Crippen LogP contribution < -0.4 is 5.73 Å². The highest BCUT2D eigenvalue weighted by Crippen LogP contribution is 2.32. The van der Waals surface area contributed by atoms with Crippen molar-refractivity contribution in [2.75, 3.05) is 13.2 Å². The highest BCUT2D eigenvalue weighted by Gasteiger charge is 2.30. The molecule has 12 heavy (non-hydrogen) atoms. The average Bonchev–Trinajstić information content (AvgIpc) is 2.05. The first-order chi connectivity index (χ1) is 5.70. The van der Waals surface area contributed by atoms with Gasteiger partial charge in [0.15, 0.2) is 0 Å². The summed E-state index contributed by atoms with van der Waals surface area (Å²) in [5.41, 5.74) is 5.69. The molecule has 1 saturated heterocycles. The van der Waals surface area contributed by atoms with Crippen molar-refractivity contribution in [1.29, 1.82) is 0 Å². The van der Waals surface area contributed by atoms with E-state index in [-0.39, 0.29) is 5.60 Å². The van der Waals surface area contributed by atoms with Gasteiger partial charge in [0.1, 0.15) is 0 Å². The summed E-state index contributed by atoms with van der Waals surface area (Å²) in [7, 11) is 0. The van der Waals surface area contributed by atoms with Gasteiger partial charge in [0.05, 0.1) is 5.60 Å². The number of ether oxygens (including phenoxy) is 1. The van der Waals surface area contributed by atoms with Crippen molar-refractivity contribution >= 4 is 0 Å². The molecule has 2 heteroatoms. The Hall–Kier alpha value is -0.0800. The van der Waals surface area contributed by atoms with Crippen LogP contribution in [0.4, 0.5) is 0 Å². The molecule has 0 aromatic heterocycles. The molecule has 0 bridgehead atoms. The van der Waals surface area contributed by atoms with Crippen LogP contribution >= 0.6 is 0 Å². The van der Waals surface area contributed by atoms with Crippen LogP contribution in [0.1, 0.15) is 39.5 Å². The Labute approximate surface area is 75.5 Å². The molecule has 2 unspecified atom stereocenters. The van der Waals surface area contributed by atoms with Gasteiger partial charge < -0.3 is 10.5 Å². The second-order valence-corrected chi connectivity index (χ2v) is 4.09. The molecule has 72 valence electrons. The first-order valence-electron chi connectivity index (χ1n) is 5.04. The summed E-state index contributed by atoms with van der Waals surface area (Å²) in [5.74, 6) is 0.800. The molecule has 2 nitrogen and oxygen atoms in total. The van der Waals surface area contributed by atoms with E-state index in [0.29, 0.717) is 0 Å². The molecule has 0 aromatic carbocycles. The Morgan fingerprint density at radius 2 is 2.33 bits per heavy atom. The van der Waals surface area contributed by atoms with Crippen LogP contribution in [0, 0.1) is 5.92 Å². The second-order valence-electron chi connectivity index (χ2n) is 4.09. The molecule has 1 aliphatic heterocycles. The summed E-state index contributed by atoms with van der Waals surface area (Å²) in [6.07, 6.45) is 4.68. The van der Waals surface area contributed by atoms with Crippen LogP contribution in [0.15, 0.2) is 0 Å². The molecule has 2 N–H and O–H groups in total. The van der Waals surface area contributed by atoms with E-state index in [4.69, 9.17) is 10.5 Å². The van der Waals surface area contributed by atoms with E-state index in [1.807, 2.05) is 0 Å². The molecule has 0 amide bonds. The Morgan fingerprint density at radius 1 is 1.58 bits per heavy atom. The first kappa shape index (κ1) is 10.0. The summed E-state index contributed by atoms with van der Waals surface area (Å²) in [5, 5.41) is 0. The zero-order valence-corrected chi connectivity index (χ0v) is 8.31. The maximum Gasteiger partial charge on any atom is 0.0654 e. The minimum Gasteiger partial charge on any atom is -0.375 e. The SMILES string of the molecule is CCC1(C)CC(CCN)CCO1. The van der Waals surface area contributed by atoms with Gasteiger partial charge in [-0.15, -0.1) is 0 Å². The summed E-state index contributed by atoms with van der Waals surface area (Å²) in [6, 6.07) is 0. The largest absolute Gasteiger partial charge is 0.375 e. The van der Waals surface area contributed by atoms with E-state index in [1.165, 1.54) is 19.3 Å². The van der Waals surface area contributed by atoms with Crippen molar-refractivity contribution in [3.05, 3.63) is 0 Å². The van der Waals surface area contributed by atoms with E-state index in [2.05, 4.69) is 13.8 Å². The fourth-order valence-electron chi connectivity index (χ4n) is 1.97. The van der Waals surface area contributed by atoms with Crippen LogP contribution in [-0.2, 0) is 4.74 Å². The van der Waals surface area contributed by atoms with Gasteiger partial charge in [-0.05, 0) is 45.1 Å². The highest BCUT2D eigenvalue weighted by atomic mass is 16.5. The zero-order chi connectivity index (χ0) is 9.03. The molecule has 1 aliphatic rings. The van der Waals surface area contributed by atoms with Crippen molar-refractivity contribution in [2.24, 2.45) is 11.7 Å². The van der Waals surface area contributed by atoms with E-state index in [0.717, 1.165) is 25.5 Å². The van der Waals surface area contributed by atoms with E-state index < -0.39 is 0 Å². The zero-order valence-electron chi connectivity index (χ0n) is 8.31. The van der Waals surface area contributed by atoms with Crippen LogP contribution in [0.3, 0.4) is 0 Å². The Kier molecular flexibility index (Phi) is 3.53. The van der Waals surface area contributed by atoms with Gasteiger partial charge in [-0.1, -0.05) is 6.92 Å². The molecule has 1 heterocycles. The fourth-order valence-corrected chi connectivity index (χ4v) is 1.97. The molecule has 1 rings (SSSR count). The summed E-state index contributed by atoms with van der Waals surface area (Å²) in [6.45, 7) is 6.17. The molecule has 0 aromatic rings. The molecule has 1 fully saturated rings. The molecule has 2 atom stereocenters. The lowest BCUT2D eigenvalue weighted by molar-refractivity contribution is -0.0877. The summed E-state index contributed by atoms with van der Waals surface area (Å²) in [4.78, 5) is 0. The predicted molar refractivity (Wildman–Crippen MR) is 51.0 cm³/mol. The number of hydrogen-bond acceptors (Lipinski definition) is 2. The van der Waals surface area contributed by atoms with Crippen LogP contribution in [0.25, 0.3) is 0 Å². The lowest BCUT2D eigenvalue weighted by Gasteiger charge is -2.37. The maximum atomic E-state index is 5.75.